The van der Waals surface area contributed by atoms with Crippen LogP contribution >= 0.6 is 27.3 Å². The van der Waals surface area contributed by atoms with Crippen molar-refractivity contribution in [3.8, 4) is 0 Å². The second-order valence-electron chi connectivity index (χ2n) is 3.76. The largest absolute Gasteiger partial charge is 0.396 e. The number of hydrogen-bond donors (Lipinski definition) is 1. The molecule has 0 saturated carbocycles. The molecule has 0 aliphatic rings. The summed E-state index contributed by atoms with van der Waals surface area (Å²) < 4.78 is 1.16. The number of aliphatic hydroxyl groups excluding tert-OH is 1. The van der Waals surface area contributed by atoms with Crippen LogP contribution in [0.2, 0.25) is 0 Å². The molecule has 1 rings (SSSR count). The first-order valence-corrected chi connectivity index (χ1v) is 5.54. The summed E-state index contributed by atoms with van der Waals surface area (Å²) in [6.07, 6.45) is 0.936. The highest BCUT2D eigenvalue weighted by Gasteiger charge is 2.17. The zero-order chi connectivity index (χ0) is 9.19. The quantitative estimate of drug-likeness (QED) is 0.872. The average Bonchev–Trinajstić information content (AvgIpc) is 2.35. The summed E-state index contributed by atoms with van der Waals surface area (Å²) in [6, 6.07) is 2.11. The third-order valence-electron chi connectivity index (χ3n) is 1.73. The normalized spacial score (nSPS) is 12.0. The van der Waals surface area contributed by atoms with Crippen molar-refractivity contribution in [2.24, 2.45) is 5.41 Å². The molecule has 0 aliphatic carbocycles. The molecule has 0 unspecified atom stereocenters. The van der Waals surface area contributed by atoms with Gasteiger partial charge in [0.15, 0.2) is 0 Å². The fourth-order valence-corrected chi connectivity index (χ4v) is 2.26. The summed E-state index contributed by atoms with van der Waals surface area (Å²) in [5, 5.41) is 11.2. The van der Waals surface area contributed by atoms with Gasteiger partial charge in [0, 0.05) is 6.61 Å². The minimum Gasteiger partial charge on any atom is -0.396 e. The molecule has 0 amide bonds. The van der Waals surface area contributed by atoms with Crippen LogP contribution in [0.1, 0.15) is 19.4 Å². The van der Waals surface area contributed by atoms with Gasteiger partial charge in [-0.3, -0.25) is 0 Å². The van der Waals surface area contributed by atoms with Crippen molar-refractivity contribution in [3.63, 3.8) is 0 Å². The van der Waals surface area contributed by atoms with Crippen LogP contribution in [0, 0.1) is 5.41 Å². The van der Waals surface area contributed by atoms with Gasteiger partial charge >= 0.3 is 0 Å². The Morgan fingerprint density at radius 2 is 2.25 bits per heavy atom. The van der Waals surface area contributed by atoms with Crippen LogP contribution in [0.3, 0.4) is 0 Å². The van der Waals surface area contributed by atoms with E-state index in [0.29, 0.717) is 0 Å². The topological polar surface area (TPSA) is 20.2 Å². The molecule has 1 nitrogen and oxygen atoms in total. The van der Waals surface area contributed by atoms with Crippen molar-refractivity contribution in [1.29, 1.82) is 0 Å². The van der Waals surface area contributed by atoms with Crippen LogP contribution in [-0.4, -0.2) is 11.7 Å². The number of aliphatic hydroxyl groups is 1. The van der Waals surface area contributed by atoms with E-state index >= 15 is 0 Å². The maximum Gasteiger partial charge on any atom is 0.0701 e. The SMILES string of the molecule is CC(C)(CO)Cc1csc(Br)c1. The molecule has 0 spiro atoms. The zero-order valence-corrected chi connectivity index (χ0v) is 9.70. The van der Waals surface area contributed by atoms with E-state index in [0.717, 1.165) is 10.2 Å². The smallest absolute Gasteiger partial charge is 0.0701 e. The monoisotopic (exact) mass is 248 g/mol. The molecule has 1 heterocycles. The Morgan fingerprint density at radius 3 is 2.67 bits per heavy atom. The summed E-state index contributed by atoms with van der Waals surface area (Å²) in [7, 11) is 0. The van der Waals surface area contributed by atoms with Crippen LogP contribution in [-0.2, 0) is 6.42 Å². The Hall–Kier alpha value is 0.140. The Morgan fingerprint density at radius 1 is 1.58 bits per heavy atom. The van der Waals surface area contributed by atoms with E-state index in [9.17, 15) is 0 Å². The lowest BCUT2D eigenvalue weighted by Gasteiger charge is -2.20. The van der Waals surface area contributed by atoms with E-state index in [1.165, 1.54) is 5.56 Å². The Kier molecular flexibility index (Phi) is 3.32. The fourth-order valence-electron chi connectivity index (χ4n) is 1.05. The van der Waals surface area contributed by atoms with Crippen LogP contribution < -0.4 is 0 Å². The van der Waals surface area contributed by atoms with Crippen molar-refractivity contribution >= 4 is 27.3 Å². The summed E-state index contributed by atoms with van der Waals surface area (Å²) in [5.41, 5.74) is 1.30. The maximum atomic E-state index is 9.05. The Balaban J connectivity index is 2.63. The van der Waals surface area contributed by atoms with Gasteiger partial charge in [0.1, 0.15) is 0 Å². The van der Waals surface area contributed by atoms with Gasteiger partial charge in [-0.1, -0.05) is 13.8 Å². The van der Waals surface area contributed by atoms with Gasteiger partial charge in [-0.25, -0.2) is 0 Å². The van der Waals surface area contributed by atoms with Gasteiger partial charge in [0.05, 0.1) is 3.79 Å². The first kappa shape index (κ1) is 10.2. The second kappa shape index (κ2) is 3.90. The third-order valence-corrected chi connectivity index (χ3v) is 3.29. The predicted molar refractivity (Wildman–Crippen MR) is 56.6 cm³/mol. The van der Waals surface area contributed by atoms with Crippen LogP contribution in [0.5, 0.6) is 0 Å². The summed E-state index contributed by atoms with van der Waals surface area (Å²) >= 11 is 5.11. The predicted octanol–water partition coefficient (Wildman–Crippen LogP) is 3.07. The van der Waals surface area contributed by atoms with E-state index in [4.69, 9.17) is 5.11 Å². The van der Waals surface area contributed by atoms with E-state index in [1.807, 2.05) is 0 Å². The minimum atomic E-state index is 0.000509. The highest BCUT2D eigenvalue weighted by Crippen LogP contribution is 2.27. The highest BCUT2D eigenvalue weighted by molar-refractivity contribution is 9.11. The fraction of sp³-hybridized carbons (Fsp3) is 0.556. The molecule has 68 valence electrons. The van der Waals surface area contributed by atoms with Crippen LogP contribution in [0.4, 0.5) is 0 Å². The van der Waals surface area contributed by atoms with Gasteiger partial charge in [0.25, 0.3) is 0 Å². The highest BCUT2D eigenvalue weighted by atomic mass is 79.9. The summed E-state index contributed by atoms with van der Waals surface area (Å²) in [5.74, 6) is 0. The molecule has 0 atom stereocenters. The lowest BCUT2D eigenvalue weighted by atomic mass is 9.88. The van der Waals surface area contributed by atoms with Gasteiger partial charge in [0.2, 0.25) is 0 Å². The van der Waals surface area contributed by atoms with Gasteiger partial charge in [-0.05, 0) is 44.8 Å². The molecule has 0 saturated heterocycles. The first-order valence-electron chi connectivity index (χ1n) is 3.87. The molecule has 0 bridgehead atoms. The molecule has 0 radical (unpaired) electrons. The summed E-state index contributed by atoms with van der Waals surface area (Å²) in [4.78, 5) is 0. The molecular formula is C9H13BrOS. The minimum absolute atomic E-state index is 0.000509. The van der Waals surface area contributed by atoms with E-state index < -0.39 is 0 Å². The number of thiophene rings is 1. The van der Waals surface area contributed by atoms with Gasteiger partial charge in [-0.15, -0.1) is 11.3 Å². The number of hydrogen-bond acceptors (Lipinski definition) is 2. The van der Waals surface area contributed by atoms with Gasteiger partial charge in [-0.2, -0.15) is 0 Å². The lowest BCUT2D eigenvalue weighted by Crippen LogP contribution is -2.19. The Labute approximate surface area is 85.6 Å². The molecule has 1 aromatic rings. The molecule has 12 heavy (non-hydrogen) atoms. The van der Waals surface area contributed by atoms with E-state index in [2.05, 4.69) is 41.2 Å². The molecule has 0 aromatic carbocycles. The molecule has 1 N–H and O–H groups in total. The zero-order valence-electron chi connectivity index (χ0n) is 7.30. The lowest BCUT2D eigenvalue weighted by molar-refractivity contribution is 0.160. The maximum absolute atomic E-state index is 9.05. The number of rotatable bonds is 3. The third kappa shape index (κ3) is 2.88. The van der Waals surface area contributed by atoms with Gasteiger partial charge < -0.3 is 5.11 Å². The van der Waals surface area contributed by atoms with Crippen LogP contribution in [0.15, 0.2) is 15.2 Å². The van der Waals surface area contributed by atoms with Crippen molar-refractivity contribution < 1.29 is 5.11 Å². The van der Waals surface area contributed by atoms with E-state index in [1.54, 1.807) is 11.3 Å². The van der Waals surface area contributed by atoms with E-state index in [-0.39, 0.29) is 12.0 Å². The molecule has 1 aromatic heterocycles. The van der Waals surface area contributed by atoms with Crippen molar-refractivity contribution in [2.45, 2.75) is 20.3 Å². The molecule has 0 aliphatic heterocycles. The standard InChI is InChI=1S/C9H13BrOS/c1-9(2,6-11)4-7-3-8(10)12-5-7/h3,5,11H,4,6H2,1-2H3. The second-order valence-corrected chi connectivity index (χ2v) is 6.05. The average molecular weight is 249 g/mol. The summed E-state index contributed by atoms with van der Waals surface area (Å²) in [6.45, 7) is 4.37. The number of halogens is 1. The molecule has 3 heteroatoms. The van der Waals surface area contributed by atoms with Crippen molar-refractivity contribution in [1.82, 2.24) is 0 Å². The molecular weight excluding hydrogens is 236 g/mol. The van der Waals surface area contributed by atoms with Crippen molar-refractivity contribution in [3.05, 3.63) is 20.8 Å². The molecule has 0 fully saturated rings. The van der Waals surface area contributed by atoms with Crippen molar-refractivity contribution in [2.75, 3.05) is 6.61 Å². The first-order chi connectivity index (χ1) is 5.53. The van der Waals surface area contributed by atoms with Crippen LogP contribution in [0.25, 0.3) is 0 Å². The Bertz CT molecular complexity index is 255.